The molecule has 0 saturated carbocycles. The van der Waals surface area contributed by atoms with Crippen molar-refractivity contribution in [1.82, 2.24) is 15.4 Å². The number of ether oxygens (including phenoxy) is 2. The van der Waals surface area contributed by atoms with Crippen molar-refractivity contribution >= 4 is 23.0 Å². The van der Waals surface area contributed by atoms with Gasteiger partial charge < -0.3 is 9.47 Å². The number of hydrazone groups is 1. The molecule has 7 heteroatoms. The summed E-state index contributed by atoms with van der Waals surface area (Å²) in [6.45, 7) is 4.46. The first-order chi connectivity index (χ1) is 15.6. The molecule has 160 valence electrons. The molecule has 0 aliphatic carbocycles. The van der Waals surface area contributed by atoms with Crippen molar-refractivity contribution in [2.75, 3.05) is 6.61 Å². The monoisotopic (exact) mass is 426 g/mol. The van der Waals surface area contributed by atoms with Gasteiger partial charge >= 0.3 is 0 Å². The average Bonchev–Trinajstić information content (AvgIpc) is 2.82. The van der Waals surface area contributed by atoms with E-state index in [4.69, 9.17) is 14.5 Å². The van der Waals surface area contributed by atoms with Gasteiger partial charge in [-0.15, -0.1) is 0 Å². The van der Waals surface area contributed by atoms with Gasteiger partial charge in [0.05, 0.1) is 18.4 Å². The largest absolute Gasteiger partial charge is 0.492 e. The summed E-state index contributed by atoms with van der Waals surface area (Å²) < 4.78 is 11.8. The highest BCUT2D eigenvalue weighted by molar-refractivity contribution is 5.96. The van der Waals surface area contributed by atoms with Gasteiger partial charge in [-0.3, -0.25) is 9.78 Å². The summed E-state index contributed by atoms with van der Waals surface area (Å²) in [5.41, 5.74) is 5.41. The van der Waals surface area contributed by atoms with E-state index in [9.17, 15) is 4.79 Å². The van der Waals surface area contributed by atoms with Gasteiger partial charge in [0.2, 0.25) is 5.88 Å². The smallest absolute Gasteiger partial charge is 0.271 e. The number of aryl methyl sites for hydroxylation is 1. The molecular weight excluding hydrogens is 404 g/mol. The number of para-hydroxylation sites is 1. The van der Waals surface area contributed by atoms with Crippen LogP contribution >= 0.6 is 0 Å². The summed E-state index contributed by atoms with van der Waals surface area (Å²) in [4.78, 5) is 20.9. The molecule has 1 amide bonds. The van der Waals surface area contributed by atoms with E-state index in [-0.39, 0.29) is 5.91 Å². The predicted molar refractivity (Wildman–Crippen MR) is 123 cm³/mol. The Morgan fingerprint density at radius 1 is 1.09 bits per heavy atom. The van der Waals surface area contributed by atoms with E-state index in [1.165, 1.54) is 6.21 Å². The lowest BCUT2D eigenvalue weighted by Gasteiger charge is -2.12. The maximum atomic E-state index is 12.3. The van der Waals surface area contributed by atoms with Crippen LogP contribution in [0.25, 0.3) is 10.9 Å². The minimum absolute atomic E-state index is 0.336. The van der Waals surface area contributed by atoms with E-state index in [1.807, 2.05) is 62.4 Å². The van der Waals surface area contributed by atoms with E-state index < -0.39 is 0 Å². The molecule has 32 heavy (non-hydrogen) atoms. The number of hydrogen-bond acceptors (Lipinski definition) is 6. The molecule has 0 saturated heterocycles. The average molecular weight is 426 g/mol. The van der Waals surface area contributed by atoms with Gasteiger partial charge in [0.25, 0.3) is 5.91 Å². The standard InChI is InChI=1S/C25H22N4O3/c1-3-31-22-6-4-5-19-15-20(16-27-29-24(30)18-11-13-26-14-12-18)25(28-23(19)22)32-21-9-7-17(2)8-10-21/h4-16H,3H2,1-2H3,(H,29,30)/b27-16+. The summed E-state index contributed by atoms with van der Waals surface area (Å²) in [5.74, 6) is 1.34. The Labute approximate surface area is 185 Å². The van der Waals surface area contributed by atoms with Crippen LogP contribution in [-0.2, 0) is 0 Å². The Morgan fingerprint density at radius 3 is 2.62 bits per heavy atom. The molecule has 7 nitrogen and oxygen atoms in total. The number of amides is 1. The van der Waals surface area contributed by atoms with Crippen LogP contribution in [0, 0.1) is 6.92 Å². The Morgan fingerprint density at radius 2 is 1.88 bits per heavy atom. The topological polar surface area (TPSA) is 85.7 Å². The van der Waals surface area contributed by atoms with Gasteiger partial charge in [0.1, 0.15) is 17.0 Å². The van der Waals surface area contributed by atoms with Gasteiger partial charge in [0.15, 0.2) is 0 Å². The second kappa shape index (κ2) is 9.70. The molecule has 2 aromatic heterocycles. The van der Waals surface area contributed by atoms with Gasteiger partial charge in [0, 0.05) is 23.3 Å². The maximum Gasteiger partial charge on any atom is 0.271 e. The van der Waals surface area contributed by atoms with E-state index in [0.717, 1.165) is 10.9 Å². The van der Waals surface area contributed by atoms with Crippen molar-refractivity contribution in [3.05, 3.63) is 89.7 Å². The lowest BCUT2D eigenvalue weighted by atomic mass is 10.1. The quantitative estimate of drug-likeness (QED) is 0.336. The molecule has 0 atom stereocenters. The van der Waals surface area contributed by atoms with Crippen molar-refractivity contribution in [2.45, 2.75) is 13.8 Å². The third-order valence-electron chi connectivity index (χ3n) is 4.65. The highest BCUT2D eigenvalue weighted by Crippen LogP contribution is 2.30. The Balaban J connectivity index is 1.68. The molecule has 0 aliphatic heterocycles. The summed E-state index contributed by atoms with van der Waals surface area (Å²) in [6, 6.07) is 18.5. The molecule has 4 aromatic rings. The fourth-order valence-electron chi connectivity index (χ4n) is 3.06. The Hall–Kier alpha value is -4.26. The van der Waals surface area contributed by atoms with Crippen LogP contribution in [0.5, 0.6) is 17.4 Å². The fraction of sp³-hybridized carbons (Fsp3) is 0.120. The first kappa shape index (κ1) is 21.0. The van der Waals surface area contributed by atoms with Crippen LogP contribution in [0.1, 0.15) is 28.4 Å². The first-order valence-corrected chi connectivity index (χ1v) is 10.2. The van der Waals surface area contributed by atoms with E-state index >= 15 is 0 Å². The van der Waals surface area contributed by atoms with Gasteiger partial charge in [-0.1, -0.05) is 29.8 Å². The van der Waals surface area contributed by atoms with Crippen molar-refractivity contribution < 1.29 is 14.3 Å². The number of hydrogen-bond donors (Lipinski definition) is 1. The van der Waals surface area contributed by atoms with E-state index in [1.54, 1.807) is 24.5 Å². The molecule has 0 radical (unpaired) electrons. The van der Waals surface area contributed by atoms with Gasteiger partial charge in [-0.05, 0) is 50.2 Å². The zero-order valence-corrected chi connectivity index (χ0v) is 17.8. The number of carbonyl (C=O) groups excluding carboxylic acids is 1. The molecule has 2 heterocycles. The number of pyridine rings is 2. The van der Waals surface area contributed by atoms with Gasteiger partial charge in [-0.25, -0.2) is 10.4 Å². The van der Waals surface area contributed by atoms with Crippen LogP contribution in [0.4, 0.5) is 0 Å². The Kier molecular flexibility index (Phi) is 6.36. The fourth-order valence-corrected chi connectivity index (χ4v) is 3.06. The summed E-state index contributed by atoms with van der Waals surface area (Å²) >= 11 is 0. The maximum absolute atomic E-state index is 12.3. The molecule has 2 aromatic carbocycles. The second-order valence-electron chi connectivity index (χ2n) is 6.99. The number of nitrogens with zero attached hydrogens (tertiary/aromatic N) is 3. The minimum atomic E-state index is -0.336. The van der Waals surface area contributed by atoms with Crippen LogP contribution in [0.3, 0.4) is 0 Å². The van der Waals surface area contributed by atoms with E-state index in [2.05, 4.69) is 15.5 Å². The number of fused-ring (bicyclic) bond motifs is 1. The van der Waals surface area contributed by atoms with Crippen LogP contribution in [0.15, 0.2) is 78.2 Å². The lowest BCUT2D eigenvalue weighted by molar-refractivity contribution is 0.0955. The number of carbonyl (C=O) groups is 1. The van der Waals surface area contributed by atoms with Gasteiger partial charge in [-0.2, -0.15) is 5.10 Å². The molecule has 0 aliphatic rings. The summed E-state index contributed by atoms with van der Waals surface area (Å²) in [5, 5.41) is 4.97. The zero-order valence-electron chi connectivity index (χ0n) is 17.8. The molecule has 1 N–H and O–H groups in total. The van der Waals surface area contributed by atoms with Crippen molar-refractivity contribution in [3.8, 4) is 17.4 Å². The van der Waals surface area contributed by atoms with Crippen molar-refractivity contribution in [2.24, 2.45) is 5.10 Å². The third kappa shape index (κ3) is 4.89. The molecular formula is C25H22N4O3. The van der Waals surface area contributed by atoms with Crippen molar-refractivity contribution in [3.63, 3.8) is 0 Å². The molecule has 4 rings (SSSR count). The van der Waals surface area contributed by atoms with E-state index in [0.29, 0.717) is 40.6 Å². The number of benzene rings is 2. The molecule has 0 fully saturated rings. The number of rotatable bonds is 7. The predicted octanol–water partition coefficient (Wildman–Crippen LogP) is 4.89. The highest BCUT2D eigenvalue weighted by atomic mass is 16.5. The highest BCUT2D eigenvalue weighted by Gasteiger charge is 2.12. The Bertz CT molecular complexity index is 1260. The molecule has 0 spiro atoms. The zero-order chi connectivity index (χ0) is 22.3. The third-order valence-corrected chi connectivity index (χ3v) is 4.65. The minimum Gasteiger partial charge on any atom is -0.492 e. The number of nitrogens with one attached hydrogen (secondary N) is 1. The second-order valence-corrected chi connectivity index (χ2v) is 6.99. The molecule has 0 unspecified atom stereocenters. The van der Waals surface area contributed by atoms with Crippen LogP contribution < -0.4 is 14.9 Å². The molecule has 0 bridgehead atoms. The van der Waals surface area contributed by atoms with Crippen LogP contribution in [-0.4, -0.2) is 28.7 Å². The summed E-state index contributed by atoms with van der Waals surface area (Å²) in [6.07, 6.45) is 4.62. The van der Waals surface area contributed by atoms with Crippen LogP contribution in [0.2, 0.25) is 0 Å². The summed E-state index contributed by atoms with van der Waals surface area (Å²) in [7, 11) is 0. The number of aromatic nitrogens is 2. The lowest BCUT2D eigenvalue weighted by Crippen LogP contribution is -2.17. The SMILES string of the molecule is CCOc1cccc2cc(/C=N/NC(=O)c3ccncc3)c(Oc3ccc(C)cc3)nc12. The normalized spacial score (nSPS) is 10.9. The first-order valence-electron chi connectivity index (χ1n) is 10.2. The van der Waals surface area contributed by atoms with Crippen molar-refractivity contribution in [1.29, 1.82) is 0 Å².